The number of benzene rings is 1. The second-order valence-electron chi connectivity index (χ2n) is 5.50. The quantitative estimate of drug-likeness (QED) is 0.573. The van der Waals surface area contributed by atoms with Crippen LogP contribution in [0.3, 0.4) is 0 Å². The van der Waals surface area contributed by atoms with Crippen LogP contribution in [0.25, 0.3) is 0 Å². The van der Waals surface area contributed by atoms with Crippen LogP contribution in [-0.2, 0) is 6.18 Å². The molecule has 0 atom stereocenters. The van der Waals surface area contributed by atoms with E-state index in [0.717, 1.165) is 12.8 Å². The molecule has 1 aromatic carbocycles. The van der Waals surface area contributed by atoms with Crippen LogP contribution < -0.4 is 0 Å². The summed E-state index contributed by atoms with van der Waals surface area (Å²) in [7, 11) is 0. The van der Waals surface area contributed by atoms with E-state index in [-0.39, 0.29) is 5.56 Å². The predicted molar refractivity (Wildman–Crippen MR) is 82.7 cm³/mol. The SMILES string of the molecule is CCCB(C)CCC.Cc1ccc(C)c(C(F)(F)F)c1. The first kappa shape index (κ1) is 19.1. The Morgan fingerprint density at radius 1 is 1.00 bits per heavy atom. The summed E-state index contributed by atoms with van der Waals surface area (Å²) in [5, 5.41) is 0. The fourth-order valence-electron chi connectivity index (χ4n) is 2.17. The van der Waals surface area contributed by atoms with Crippen molar-refractivity contribution in [3.05, 3.63) is 34.9 Å². The number of hydrogen-bond donors (Lipinski definition) is 0. The van der Waals surface area contributed by atoms with E-state index in [2.05, 4.69) is 20.7 Å². The molecule has 1 rings (SSSR count). The first-order chi connectivity index (χ1) is 9.22. The van der Waals surface area contributed by atoms with Crippen LogP contribution in [-0.4, -0.2) is 6.71 Å². The van der Waals surface area contributed by atoms with Crippen molar-refractivity contribution in [2.24, 2.45) is 0 Å². The van der Waals surface area contributed by atoms with Gasteiger partial charge >= 0.3 is 6.18 Å². The van der Waals surface area contributed by atoms with Crippen LogP contribution in [0, 0.1) is 13.8 Å². The maximum atomic E-state index is 12.2. The van der Waals surface area contributed by atoms with E-state index in [1.54, 1.807) is 13.0 Å². The van der Waals surface area contributed by atoms with Crippen LogP contribution in [0.15, 0.2) is 18.2 Å². The Kier molecular flexibility index (Phi) is 8.67. The van der Waals surface area contributed by atoms with E-state index in [1.165, 1.54) is 38.5 Å². The van der Waals surface area contributed by atoms with Gasteiger partial charge in [0.05, 0.1) is 5.56 Å². The van der Waals surface area contributed by atoms with Crippen molar-refractivity contribution in [2.45, 2.75) is 66.2 Å². The van der Waals surface area contributed by atoms with Gasteiger partial charge in [-0.1, -0.05) is 63.8 Å². The zero-order valence-electron chi connectivity index (χ0n) is 13.3. The van der Waals surface area contributed by atoms with Crippen LogP contribution in [0.2, 0.25) is 19.5 Å². The summed E-state index contributed by atoms with van der Waals surface area (Å²) in [4.78, 5) is 0. The largest absolute Gasteiger partial charge is 0.416 e. The van der Waals surface area contributed by atoms with Crippen LogP contribution in [0.4, 0.5) is 13.2 Å². The first-order valence-corrected chi connectivity index (χ1v) is 7.36. The monoisotopic (exact) mass is 286 g/mol. The van der Waals surface area contributed by atoms with Crippen LogP contribution in [0.1, 0.15) is 43.4 Å². The van der Waals surface area contributed by atoms with E-state index in [9.17, 15) is 13.2 Å². The van der Waals surface area contributed by atoms with E-state index < -0.39 is 11.7 Å². The maximum Gasteiger partial charge on any atom is 0.416 e. The van der Waals surface area contributed by atoms with Gasteiger partial charge in [-0.05, 0) is 25.5 Å². The number of aryl methyl sites for hydroxylation is 2. The Morgan fingerprint density at radius 3 is 1.85 bits per heavy atom. The van der Waals surface area contributed by atoms with Crippen molar-refractivity contribution >= 4 is 6.71 Å². The molecule has 0 unspecified atom stereocenters. The van der Waals surface area contributed by atoms with Gasteiger partial charge in [-0.25, -0.2) is 0 Å². The highest BCUT2D eigenvalue weighted by Gasteiger charge is 2.31. The molecule has 0 aliphatic rings. The number of alkyl halides is 3. The molecule has 0 spiro atoms. The summed E-state index contributed by atoms with van der Waals surface area (Å²) < 4.78 is 36.7. The van der Waals surface area contributed by atoms with E-state index in [1.807, 2.05) is 0 Å². The van der Waals surface area contributed by atoms with E-state index in [4.69, 9.17) is 0 Å². The minimum absolute atomic E-state index is 0.271. The average Bonchev–Trinajstić information content (AvgIpc) is 2.32. The molecule has 114 valence electrons. The molecule has 0 saturated heterocycles. The van der Waals surface area contributed by atoms with Gasteiger partial charge in [0.2, 0.25) is 0 Å². The molecule has 4 heteroatoms. The molecular formula is C16H26BF3. The number of rotatable bonds is 4. The summed E-state index contributed by atoms with van der Waals surface area (Å²) in [6.45, 7) is 10.9. The molecule has 1 aromatic rings. The molecule has 0 amide bonds. The topological polar surface area (TPSA) is 0 Å². The Balaban J connectivity index is 0.000000396. The summed E-state index contributed by atoms with van der Waals surface area (Å²) in [6, 6.07) is 4.32. The van der Waals surface area contributed by atoms with Gasteiger partial charge in [-0.2, -0.15) is 13.2 Å². The summed E-state index contributed by atoms with van der Waals surface area (Å²) >= 11 is 0. The zero-order valence-corrected chi connectivity index (χ0v) is 13.3. The van der Waals surface area contributed by atoms with Gasteiger partial charge in [0.25, 0.3) is 0 Å². The van der Waals surface area contributed by atoms with Crippen LogP contribution in [0.5, 0.6) is 0 Å². The third-order valence-electron chi connectivity index (χ3n) is 3.26. The first-order valence-electron chi connectivity index (χ1n) is 7.36. The summed E-state index contributed by atoms with van der Waals surface area (Å²) in [5.74, 6) is 0. The molecule has 0 bridgehead atoms. The Bertz CT molecular complexity index is 380. The molecule has 0 saturated carbocycles. The molecule has 0 N–H and O–H groups in total. The lowest BCUT2D eigenvalue weighted by atomic mass is 9.46. The van der Waals surface area contributed by atoms with Crippen LogP contribution >= 0.6 is 0 Å². The highest BCUT2D eigenvalue weighted by atomic mass is 19.4. The van der Waals surface area contributed by atoms with Gasteiger partial charge in [-0.3, -0.25) is 0 Å². The van der Waals surface area contributed by atoms with Gasteiger partial charge in [-0.15, -0.1) is 0 Å². The predicted octanol–water partition coefficient (Wildman–Crippen LogP) is 6.25. The Morgan fingerprint density at radius 2 is 1.50 bits per heavy atom. The third kappa shape index (κ3) is 7.61. The van der Waals surface area contributed by atoms with Crippen molar-refractivity contribution in [2.75, 3.05) is 0 Å². The van der Waals surface area contributed by atoms with Crippen molar-refractivity contribution in [1.82, 2.24) is 0 Å². The second-order valence-corrected chi connectivity index (χ2v) is 5.50. The average molecular weight is 286 g/mol. The maximum absolute atomic E-state index is 12.2. The smallest absolute Gasteiger partial charge is 0.166 e. The molecule has 0 aromatic heterocycles. The minimum atomic E-state index is -4.23. The molecule has 0 heterocycles. The number of hydrogen-bond acceptors (Lipinski definition) is 0. The highest BCUT2D eigenvalue weighted by Crippen LogP contribution is 2.32. The zero-order chi connectivity index (χ0) is 15.8. The second kappa shape index (κ2) is 9.09. The van der Waals surface area contributed by atoms with Crippen molar-refractivity contribution in [3.63, 3.8) is 0 Å². The Labute approximate surface area is 121 Å². The van der Waals surface area contributed by atoms with Gasteiger partial charge in [0.15, 0.2) is 0 Å². The molecule has 0 nitrogen and oxygen atoms in total. The molecule has 20 heavy (non-hydrogen) atoms. The van der Waals surface area contributed by atoms with Crippen molar-refractivity contribution < 1.29 is 13.2 Å². The molecule has 0 fully saturated rings. The highest BCUT2D eigenvalue weighted by molar-refractivity contribution is 6.57. The van der Waals surface area contributed by atoms with Crippen molar-refractivity contribution in [1.29, 1.82) is 0 Å². The van der Waals surface area contributed by atoms with E-state index in [0.29, 0.717) is 5.56 Å². The lowest BCUT2D eigenvalue weighted by Crippen LogP contribution is -2.07. The molecule has 0 aliphatic heterocycles. The fraction of sp³-hybridized carbons (Fsp3) is 0.625. The molecule has 0 aliphatic carbocycles. The van der Waals surface area contributed by atoms with Gasteiger partial charge < -0.3 is 0 Å². The van der Waals surface area contributed by atoms with Gasteiger partial charge in [0, 0.05) is 0 Å². The fourth-order valence-corrected chi connectivity index (χ4v) is 2.17. The lowest BCUT2D eigenvalue weighted by Gasteiger charge is -2.10. The normalized spacial score (nSPS) is 10.8. The third-order valence-corrected chi connectivity index (χ3v) is 3.26. The lowest BCUT2D eigenvalue weighted by molar-refractivity contribution is -0.138. The minimum Gasteiger partial charge on any atom is -0.166 e. The van der Waals surface area contributed by atoms with Crippen molar-refractivity contribution in [3.8, 4) is 0 Å². The Hall–Kier alpha value is -0.925. The summed E-state index contributed by atoms with van der Waals surface area (Å²) in [5.41, 5.74) is 0.364. The van der Waals surface area contributed by atoms with E-state index >= 15 is 0 Å². The number of halogens is 3. The molecular weight excluding hydrogens is 260 g/mol. The summed E-state index contributed by atoms with van der Waals surface area (Å²) in [6.07, 6.45) is 1.29. The standard InChI is InChI=1S/C9H9F3.C7H17B/c1-6-3-4-7(2)8(5-6)9(10,11)12;1-4-6-8(3)7-5-2/h3-5H,1-2H3;4-7H2,1-3H3. The van der Waals surface area contributed by atoms with Gasteiger partial charge in [0.1, 0.15) is 6.71 Å². The molecule has 0 radical (unpaired) electrons.